The van der Waals surface area contributed by atoms with Gasteiger partial charge in [-0.3, -0.25) is 9.48 Å². The number of benzene rings is 2. The van der Waals surface area contributed by atoms with Gasteiger partial charge < -0.3 is 0 Å². The molecule has 0 saturated carbocycles. The van der Waals surface area contributed by atoms with Gasteiger partial charge in [0.1, 0.15) is 0 Å². The van der Waals surface area contributed by atoms with E-state index in [0.717, 1.165) is 17.7 Å². The van der Waals surface area contributed by atoms with Gasteiger partial charge in [-0.15, -0.1) is 0 Å². The lowest BCUT2D eigenvalue weighted by Gasteiger charge is -2.07. The number of aryl methyl sites for hydroxylation is 2. The first-order chi connectivity index (χ1) is 11.3. The Kier molecular flexibility index (Phi) is 3.83. The third-order valence-electron chi connectivity index (χ3n) is 3.80. The Bertz CT molecular complexity index is 951. The van der Waals surface area contributed by atoms with Crippen LogP contribution in [-0.2, 0) is 13.2 Å². The fraction of sp³-hybridized carbons (Fsp3) is 0.167. The number of hydrogen-bond donors (Lipinski definition) is 0. The monoisotopic (exact) mass is 332 g/mol. The Morgan fingerprint density at radius 3 is 2.38 bits per heavy atom. The van der Waals surface area contributed by atoms with Crippen LogP contribution in [0.5, 0.6) is 0 Å². The minimum atomic E-state index is -4.44. The van der Waals surface area contributed by atoms with Crippen molar-refractivity contribution in [3.63, 3.8) is 0 Å². The average molecular weight is 332 g/mol. The van der Waals surface area contributed by atoms with Crippen molar-refractivity contribution in [3.8, 4) is 16.8 Å². The van der Waals surface area contributed by atoms with Gasteiger partial charge in [-0.25, -0.2) is 4.68 Å². The van der Waals surface area contributed by atoms with Crippen LogP contribution in [-0.4, -0.2) is 9.36 Å². The Balaban J connectivity index is 2.15. The summed E-state index contributed by atoms with van der Waals surface area (Å²) in [5, 5.41) is 0. The first kappa shape index (κ1) is 16.1. The lowest BCUT2D eigenvalue weighted by Crippen LogP contribution is -2.20. The van der Waals surface area contributed by atoms with Gasteiger partial charge in [0.2, 0.25) is 0 Å². The fourth-order valence-corrected chi connectivity index (χ4v) is 2.68. The summed E-state index contributed by atoms with van der Waals surface area (Å²) in [6, 6.07) is 12.2. The molecule has 0 unspecified atom stereocenters. The lowest BCUT2D eigenvalue weighted by atomic mass is 10.1. The van der Waals surface area contributed by atoms with Crippen molar-refractivity contribution in [1.82, 2.24) is 9.36 Å². The van der Waals surface area contributed by atoms with Gasteiger partial charge in [-0.05, 0) is 42.3 Å². The van der Waals surface area contributed by atoms with Crippen LogP contribution in [0.2, 0.25) is 0 Å². The molecular weight excluding hydrogens is 317 g/mol. The highest BCUT2D eigenvalue weighted by molar-refractivity contribution is 5.63. The van der Waals surface area contributed by atoms with Crippen molar-refractivity contribution in [2.24, 2.45) is 7.05 Å². The molecule has 3 nitrogen and oxygen atoms in total. The van der Waals surface area contributed by atoms with Crippen LogP contribution >= 0.6 is 0 Å². The summed E-state index contributed by atoms with van der Waals surface area (Å²) in [7, 11) is 1.68. The van der Waals surface area contributed by atoms with Crippen LogP contribution in [0.4, 0.5) is 13.2 Å². The highest BCUT2D eigenvalue weighted by atomic mass is 19.4. The number of halogens is 3. The van der Waals surface area contributed by atoms with E-state index in [1.54, 1.807) is 24.0 Å². The van der Waals surface area contributed by atoms with Gasteiger partial charge >= 0.3 is 6.18 Å². The van der Waals surface area contributed by atoms with Crippen LogP contribution in [0.1, 0.15) is 11.1 Å². The quantitative estimate of drug-likeness (QED) is 0.692. The van der Waals surface area contributed by atoms with Crippen LogP contribution < -0.4 is 5.56 Å². The standard InChI is InChI=1S/C18H15F3N2O/c1-12-5-3-8-15(9-12)23-17(24)16(11-22(23)2)13-6-4-7-14(10-13)18(19,20)21/h3-11H,1-2H3. The molecule has 1 aromatic heterocycles. The maximum Gasteiger partial charge on any atom is 0.416 e. The van der Waals surface area contributed by atoms with Crippen molar-refractivity contribution < 1.29 is 13.2 Å². The topological polar surface area (TPSA) is 26.9 Å². The number of rotatable bonds is 2. The van der Waals surface area contributed by atoms with E-state index in [2.05, 4.69) is 0 Å². The third-order valence-corrected chi connectivity index (χ3v) is 3.80. The van der Waals surface area contributed by atoms with Crippen molar-refractivity contribution >= 4 is 0 Å². The van der Waals surface area contributed by atoms with E-state index in [4.69, 9.17) is 0 Å². The maximum absolute atomic E-state index is 12.9. The zero-order chi connectivity index (χ0) is 17.5. The van der Waals surface area contributed by atoms with Gasteiger partial charge in [0.05, 0.1) is 16.8 Å². The first-order valence-corrected chi connectivity index (χ1v) is 7.31. The van der Waals surface area contributed by atoms with Gasteiger partial charge in [0, 0.05) is 13.2 Å². The van der Waals surface area contributed by atoms with Gasteiger partial charge in [-0.2, -0.15) is 13.2 Å². The second kappa shape index (κ2) is 5.70. The van der Waals surface area contributed by atoms with Crippen LogP contribution in [0, 0.1) is 6.92 Å². The van der Waals surface area contributed by atoms with E-state index in [9.17, 15) is 18.0 Å². The van der Waals surface area contributed by atoms with Crippen LogP contribution in [0.3, 0.4) is 0 Å². The molecule has 0 bridgehead atoms. The molecule has 0 fully saturated rings. The van der Waals surface area contributed by atoms with E-state index in [1.807, 2.05) is 25.1 Å². The highest BCUT2D eigenvalue weighted by Gasteiger charge is 2.30. The minimum absolute atomic E-state index is 0.227. The van der Waals surface area contributed by atoms with Crippen LogP contribution in [0.25, 0.3) is 16.8 Å². The van der Waals surface area contributed by atoms with Gasteiger partial charge in [0.15, 0.2) is 0 Å². The molecule has 0 aliphatic rings. The van der Waals surface area contributed by atoms with E-state index < -0.39 is 11.7 Å². The molecule has 0 saturated heterocycles. The SMILES string of the molecule is Cc1cccc(-n2c(=O)c(-c3cccc(C(F)(F)F)c3)cn2C)c1. The molecule has 3 aromatic rings. The van der Waals surface area contributed by atoms with E-state index in [-0.39, 0.29) is 16.7 Å². The summed E-state index contributed by atoms with van der Waals surface area (Å²) in [4.78, 5) is 12.7. The molecule has 2 aromatic carbocycles. The second-order valence-electron chi connectivity index (χ2n) is 5.65. The Morgan fingerprint density at radius 2 is 1.71 bits per heavy atom. The van der Waals surface area contributed by atoms with Crippen molar-refractivity contribution in [1.29, 1.82) is 0 Å². The normalized spacial score (nSPS) is 11.7. The van der Waals surface area contributed by atoms with Gasteiger partial charge in [0.25, 0.3) is 5.56 Å². The van der Waals surface area contributed by atoms with Gasteiger partial charge in [-0.1, -0.05) is 24.3 Å². The van der Waals surface area contributed by atoms with Crippen molar-refractivity contribution in [2.75, 3.05) is 0 Å². The smallest absolute Gasteiger partial charge is 0.288 e. The Labute approximate surface area is 136 Å². The molecule has 0 radical (unpaired) electrons. The fourth-order valence-electron chi connectivity index (χ4n) is 2.68. The molecule has 0 amide bonds. The molecule has 0 atom stereocenters. The Morgan fingerprint density at radius 1 is 1.00 bits per heavy atom. The van der Waals surface area contributed by atoms with Crippen molar-refractivity contribution in [2.45, 2.75) is 13.1 Å². The first-order valence-electron chi connectivity index (χ1n) is 7.31. The molecule has 1 heterocycles. The summed E-state index contributed by atoms with van der Waals surface area (Å²) in [5.41, 5.74) is 0.997. The molecule has 0 aliphatic carbocycles. The molecule has 6 heteroatoms. The lowest BCUT2D eigenvalue weighted by molar-refractivity contribution is -0.137. The third kappa shape index (κ3) is 2.87. The van der Waals surface area contributed by atoms with E-state index in [1.165, 1.54) is 16.8 Å². The minimum Gasteiger partial charge on any atom is -0.288 e. The number of hydrogen-bond acceptors (Lipinski definition) is 1. The molecule has 0 N–H and O–H groups in total. The van der Waals surface area contributed by atoms with Crippen molar-refractivity contribution in [3.05, 3.63) is 76.2 Å². The molecule has 0 aliphatic heterocycles. The molecule has 24 heavy (non-hydrogen) atoms. The highest BCUT2D eigenvalue weighted by Crippen LogP contribution is 2.31. The number of alkyl halides is 3. The average Bonchev–Trinajstić information content (AvgIpc) is 2.81. The maximum atomic E-state index is 12.9. The zero-order valence-corrected chi connectivity index (χ0v) is 13.1. The zero-order valence-electron chi connectivity index (χ0n) is 13.1. The van der Waals surface area contributed by atoms with Crippen LogP contribution in [0.15, 0.2) is 59.5 Å². The number of nitrogens with zero attached hydrogens (tertiary/aromatic N) is 2. The molecule has 124 valence electrons. The summed E-state index contributed by atoms with van der Waals surface area (Å²) in [6.07, 6.45) is -2.90. The number of aromatic nitrogens is 2. The second-order valence-corrected chi connectivity index (χ2v) is 5.65. The van der Waals surface area contributed by atoms with E-state index in [0.29, 0.717) is 5.69 Å². The predicted molar refractivity (Wildman–Crippen MR) is 86.2 cm³/mol. The van der Waals surface area contributed by atoms with E-state index >= 15 is 0 Å². The summed E-state index contributed by atoms with van der Waals surface area (Å²) < 4.78 is 41.7. The molecular formula is C18H15F3N2O. The summed E-state index contributed by atoms with van der Waals surface area (Å²) >= 11 is 0. The summed E-state index contributed by atoms with van der Waals surface area (Å²) in [5.74, 6) is 0. The molecule has 0 spiro atoms. The largest absolute Gasteiger partial charge is 0.416 e. The predicted octanol–water partition coefficient (Wildman–Crippen LogP) is 4.17. The summed E-state index contributed by atoms with van der Waals surface area (Å²) in [6.45, 7) is 1.91. The Hall–Kier alpha value is -2.76. The molecule has 3 rings (SSSR count).